The Morgan fingerprint density at radius 3 is 2.73 bits per heavy atom. The summed E-state index contributed by atoms with van der Waals surface area (Å²) in [6.45, 7) is 4.83. The Hall–Kier alpha value is -2.63. The van der Waals surface area contributed by atoms with Crippen molar-refractivity contribution in [3.8, 4) is 5.75 Å². The summed E-state index contributed by atoms with van der Waals surface area (Å²) < 4.78 is 50.7. The van der Waals surface area contributed by atoms with E-state index in [-0.39, 0.29) is 36.1 Å². The van der Waals surface area contributed by atoms with Crippen molar-refractivity contribution in [3.05, 3.63) is 69.8 Å². The molecule has 9 rings (SSSR count). The molecule has 2 aromatic rings. The molecule has 4 aliphatic heterocycles. The fourth-order valence-electron chi connectivity index (χ4n) is 9.31. The Morgan fingerprint density at radius 1 is 1.12 bits per heavy atom. The predicted molar refractivity (Wildman–Crippen MR) is 185 cm³/mol. The number of nitrogens with zero attached hydrogens (tertiary/aromatic N) is 2. The van der Waals surface area contributed by atoms with Gasteiger partial charge in [-0.05, 0) is 123 Å². The molecule has 1 amide bonds. The number of aryl methyl sites for hydroxylation is 1. The van der Waals surface area contributed by atoms with Crippen LogP contribution in [-0.4, -0.2) is 76.8 Å². The number of anilines is 1. The molecule has 2 fully saturated rings. The van der Waals surface area contributed by atoms with Crippen molar-refractivity contribution in [2.45, 2.75) is 82.0 Å². The van der Waals surface area contributed by atoms with Gasteiger partial charge in [0, 0.05) is 55.4 Å². The van der Waals surface area contributed by atoms with Crippen molar-refractivity contribution >= 4 is 33.4 Å². The molecule has 4 heterocycles. The van der Waals surface area contributed by atoms with E-state index < -0.39 is 16.1 Å². The van der Waals surface area contributed by atoms with E-state index in [0.29, 0.717) is 36.4 Å². The maximum Gasteiger partial charge on any atom is 0.304 e. The van der Waals surface area contributed by atoms with Gasteiger partial charge in [0.05, 0.1) is 24.5 Å². The quantitative estimate of drug-likeness (QED) is 0.414. The Kier molecular flexibility index (Phi) is 8.55. The van der Waals surface area contributed by atoms with Gasteiger partial charge in [0.25, 0.3) is 5.91 Å². The summed E-state index contributed by atoms with van der Waals surface area (Å²) in [5.74, 6) is 0.878. The van der Waals surface area contributed by atoms with E-state index in [1.54, 1.807) is 13.2 Å². The highest BCUT2D eigenvalue weighted by molar-refractivity contribution is 7.87. The van der Waals surface area contributed by atoms with E-state index in [4.69, 9.17) is 25.8 Å². The van der Waals surface area contributed by atoms with Crippen LogP contribution in [0.2, 0.25) is 5.02 Å². The Morgan fingerprint density at radius 2 is 1.98 bits per heavy atom. The van der Waals surface area contributed by atoms with Crippen LogP contribution in [0.4, 0.5) is 5.69 Å². The zero-order valence-electron chi connectivity index (χ0n) is 27.8. The molecule has 48 heavy (non-hydrogen) atoms. The Bertz CT molecular complexity index is 1730. The van der Waals surface area contributed by atoms with E-state index >= 15 is 0 Å². The summed E-state index contributed by atoms with van der Waals surface area (Å²) in [4.78, 5) is 16.2. The topological polar surface area (TPSA) is 97.4 Å². The second kappa shape index (κ2) is 12.6. The van der Waals surface area contributed by atoms with Crippen LogP contribution in [0.3, 0.4) is 0 Å². The first-order valence-corrected chi connectivity index (χ1v) is 19.5. The average Bonchev–Trinajstić information content (AvgIpc) is 3.50. The first-order valence-electron chi connectivity index (χ1n) is 17.6. The van der Waals surface area contributed by atoms with Gasteiger partial charge >= 0.3 is 10.2 Å². The number of amides is 1. The van der Waals surface area contributed by atoms with Crippen LogP contribution in [0.25, 0.3) is 0 Å². The number of ether oxygens (including phenoxy) is 3. The molecule has 3 aliphatic carbocycles. The first-order chi connectivity index (χ1) is 23.1. The average molecular weight is 696 g/mol. The maximum absolute atomic E-state index is 14.0. The van der Waals surface area contributed by atoms with Crippen molar-refractivity contribution in [2.24, 2.45) is 17.8 Å². The normalized spacial score (nSPS) is 34.4. The molecular weight excluding hydrogens is 650 g/mol. The summed E-state index contributed by atoms with van der Waals surface area (Å²) in [5.41, 5.74) is 4.70. The number of fused-ring (bicyclic) bond motifs is 6. The van der Waals surface area contributed by atoms with Crippen molar-refractivity contribution in [1.82, 2.24) is 9.03 Å². The summed E-state index contributed by atoms with van der Waals surface area (Å²) in [7, 11) is -2.38. The lowest BCUT2D eigenvalue weighted by atomic mass is 9.65. The fraction of sp³-hybridized carbons (Fsp3) is 0.595. The van der Waals surface area contributed by atoms with Gasteiger partial charge in [-0.3, -0.25) is 4.79 Å². The van der Waals surface area contributed by atoms with Gasteiger partial charge in [-0.15, -0.1) is 0 Å². The summed E-state index contributed by atoms with van der Waals surface area (Å²) in [5, 5.41) is 0.749. The molecule has 0 aromatic heterocycles. The van der Waals surface area contributed by atoms with Gasteiger partial charge in [0.15, 0.2) is 0 Å². The minimum atomic E-state index is -4.18. The Labute approximate surface area is 289 Å². The fourth-order valence-corrected chi connectivity index (χ4v) is 10.9. The molecule has 0 unspecified atom stereocenters. The maximum atomic E-state index is 14.0. The van der Waals surface area contributed by atoms with E-state index in [9.17, 15) is 13.2 Å². The molecule has 7 aliphatic rings. The summed E-state index contributed by atoms with van der Waals surface area (Å²) in [6, 6.07) is 11.3. The second-order valence-corrected chi connectivity index (χ2v) is 17.0. The van der Waals surface area contributed by atoms with Gasteiger partial charge in [-0.25, -0.2) is 4.72 Å². The number of benzene rings is 2. The number of halogens is 1. The second-order valence-electron chi connectivity index (χ2n) is 14.9. The number of carbonyl (C=O) groups excluding carboxylic acids is 1. The van der Waals surface area contributed by atoms with Crippen LogP contribution >= 0.6 is 11.6 Å². The number of carbonyl (C=O) groups is 1. The van der Waals surface area contributed by atoms with Crippen molar-refractivity contribution < 1.29 is 27.4 Å². The van der Waals surface area contributed by atoms with Crippen molar-refractivity contribution in [1.29, 1.82) is 0 Å². The van der Waals surface area contributed by atoms with Gasteiger partial charge in [-0.1, -0.05) is 23.7 Å². The molecule has 7 atom stereocenters. The number of methoxy groups -OCH3 is 1. The molecule has 1 N–H and O–H groups in total. The minimum Gasteiger partial charge on any atom is -0.490 e. The van der Waals surface area contributed by atoms with E-state index in [2.05, 4.69) is 27.8 Å². The highest BCUT2D eigenvalue weighted by Crippen LogP contribution is 2.49. The number of hydrogen-bond donors (Lipinski definition) is 1. The van der Waals surface area contributed by atoms with E-state index in [1.807, 2.05) is 25.1 Å². The van der Waals surface area contributed by atoms with Crippen LogP contribution in [0.5, 0.6) is 5.75 Å². The van der Waals surface area contributed by atoms with Crippen LogP contribution in [0, 0.1) is 17.8 Å². The molecule has 11 heteroatoms. The smallest absolute Gasteiger partial charge is 0.304 e. The molecular formula is C37H46ClN3O6S. The third-order valence-corrected chi connectivity index (χ3v) is 13.9. The van der Waals surface area contributed by atoms with Crippen LogP contribution in [0.1, 0.15) is 73.4 Å². The van der Waals surface area contributed by atoms with Gasteiger partial charge in [0.1, 0.15) is 5.75 Å². The molecule has 1 saturated carbocycles. The van der Waals surface area contributed by atoms with Gasteiger partial charge in [-0.2, -0.15) is 12.7 Å². The Balaban J connectivity index is 1.19. The van der Waals surface area contributed by atoms with Crippen LogP contribution < -0.4 is 14.4 Å². The predicted octanol–water partition coefficient (Wildman–Crippen LogP) is 5.66. The number of hydrogen-bond acceptors (Lipinski definition) is 7. The minimum absolute atomic E-state index is 0.00331. The molecule has 258 valence electrons. The molecule has 9 nitrogen and oxygen atoms in total. The highest BCUT2D eigenvalue weighted by Gasteiger charge is 2.47. The zero-order valence-corrected chi connectivity index (χ0v) is 29.4. The first kappa shape index (κ1) is 32.6. The third kappa shape index (κ3) is 5.75. The third-order valence-electron chi connectivity index (χ3n) is 12.2. The van der Waals surface area contributed by atoms with Gasteiger partial charge in [0.2, 0.25) is 0 Å². The summed E-state index contributed by atoms with van der Waals surface area (Å²) >= 11 is 6.45. The van der Waals surface area contributed by atoms with E-state index in [1.165, 1.54) is 21.0 Å². The monoisotopic (exact) mass is 695 g/mol. The number of nitrogens with one attached hydrogen (secondary N) is 1. The molecule has 1 spiro atoms. The zero-order chi connectivity index (χ0) is 33.2. The lowest BCUT2D eigenvalue weighted by Crippen LogP contribution is -2.54. The molecule has 4 bridgehead atoms. The van der Waals surface area contributed by atoms with Gasteiger partial charge < -0.3 is 19.1 Å². The molecule has 1 saturated heterocycles. The van der Waals surface area contributed by atoms with Crippen LogP contribution in [-0.2, 0) is 31.5 Å². The van der Waals surface area contributed by atoms with Crippen molar-refractivity contribution in [2.75, 3.05) is 44.9 Å². The highest BCUT2D eigenvalue weighted by atomic mass is 35.5. The lowest BCUT2D eigenvalue weighted by molar-refractivity contribution is -0.00109. The lowest BCUT2D eigenvalue weighted by Gasteiger charge is -2.48. The SMILES string of the molecule is CO[C@H]1C2=C[C@@H](C2)[C@H](C)N(C[C@H]2CCCO2)S(=O)(=O)NC(=O)c2ccc3c(c2)N(C[C@@H]2CC[C@H]21)C[C@@]1(CCCc2cc(Cl)ccc21)CO3. The largest absolute Gasteiger partial charge is 0.490 e. The van der Waals surface area contributed by atoms with Crippen molar-refractivity contribution in [3.63, 3.8) is 0 Å². The van der Waals surface area contributed by atoms with E-state index in [0.717, 1.165) is 75.2 Å². The molecule has 2 aromatic carbocycles. The standard InChI is InChI=1S/C37H46ClN3O6S/c1-23-27-15-28(16-27)35(45-2)31-10-7-26(31)19-40-21-37(13-3-5-24-17-29(38)9-11-32(24)37)22-47-34-12-8-25(18-33(34)40)36(42)39-48(43,44)41(23)20-30-6-4-14-46-30/h8-9,11-12,15,17-18,23,26-27,30-31,35H,3-7,10,13-14,16,19-22H2,1-2H3,(H,39,42)/t23-,26-,27-,30+,31+,35-,37-/m0/s1. The number of rotatable bonds is 3. The summed E-state index contributed by atoms with van der Waals surface area (Å²) in [6.07, 6.45) is 9.72. The van der Waals surface area contributed by atoms with Crippen LogP contribution in [0.15, 0.2) is 48.0 Å². The molecule has 0 radical (unpaired) electrons.